The zero-order valence-corrected chi connectivity index (χ0v) is 16.0. The molecular weight excluding hydrogens is 360 g/mol. The minimum absolute atomic E-state index is 0.0824. The number of rotatable bonds is 3. The van der Waals surface area contributed by atoms with E-state index in [1.807, 2.05) is 44.2 Å². The Hall–Kier alpha value is -3.06. The minimum Gasteiger partial charge on any atom is -0.217 e. The summed E-state index contributed by atoms with van der Waals surface area (Å²) in [4.78, 5) is 0.192. The average Bonchev–Trinajstić information content (AvgIpc) is 3.00. The second-order valence-corrected chi connectivity index (χ2v) is 8.33. The van der Waals surface area contributed by atoms with Gasteiger partial charge in [-0.25, -0.2) is 12.9 Å². The highest BCUT2D eigenvalue weighted by Gasteiger charge is 2.26. The first-order valence-electron chi connectivity index (χ1n) is 8.49. The molecule has 0 fully saturated rings. The van der Waals surface area contributed by atoms with Crippen LogP contribution in [0.25, 0.3) is 16.8 Å². The first kappa shape index (κ1) is 17.4. The van der Waals surface area contributed by atoms with Crippen molar-refractivity contribution < 1.29 is 8.42 Å². The van der Waals surface area contributed by atoms with E-state index in [0.717, 1.165) is 22.4 Å². The molecule has 27 heavy (non-hydrogen) atoms. The molecule has 2 heterocycles. The Bertz CT molecular complexity index is 1240. The largest absolute Gasteiger partial charge is 0.227 e. The molecule has 0 aliphatic heterocycles. The number of sulfone groups is 1. The third-order valence-corrected chi connectivity index (χ3v) is 6.33. The van der Waals surface area contributed by atoms with Crippen LogP contribution >= 0.6 is 0 Å². The van der Waals surface area contributed by atoms with Gasteiger partial charge in [0.05, 0.1) is 21.8 Å². The normalized spacial score (nSPS) is 11.8. The van der Waals surface area contributed by atoms with Crippen molar-refractivity contribution in [3.8, 4) is 11.1 Å². The van der Waals surface area contributed by atoms with Crippen LogP contribution < -0.4 is 0 Å². The Balaban J connectivity index is 1.93. The van der Waals surface area contributed by atoms with Gasteiger partial charge in [0.2, 0.25) is 14.9 Å². The molecular formula is C20H18N4O2S. The SMILES string of the molecule is Cc1ccc(S(=O)(=O)c2nnc3c(-c4ccccc4)c(C)nn3c2C)cc1. The summed E-state index contributed by atoms with van der Waals surface area (Å²) < 4.78 is 27.6. The first-order valence-corrected chi connectivity index (χ1v) is 9.97. The van der Waals surface area contributed by atoms with Crippen LogP contribution in [0, 0.1) is 20.8 Å². The fourth-order valence-corrected chi connectivity index (χ4v) is 4.46. The summed E-state index contributed by atoms with van der Waals surface area (Å²) in [5.74, 6) is 0. The quantitative estimate of drug-likeness (QED) is 0.545. The fraction of sp³-hybridized carbons (Fsp3) is 0.150. The highest BCUT2D eigenvalue weighted by atomic mass is 32.2. The molecule has 0 radical (unpaired) electrons. The average molecular weight is 378 g/mol. The van der Waals surface area contributed by atoms with E-state index in [2.05, 4.69) is 15.3 Å². The fourth-order valence-electron chi connectivity index (χ4n) is 3.12. The molecule has 0 unspecified atom stereocenters. The topological polar surface area (TPSA) is 77.2 Å². The number of fused-ring (bicyclic) bond motifs is 1. The van der Waals surface area contributed by atoms with E-state index in [4.69, 9.17) is 0 Å². The predicted molar refractivity (Wildman–Crippen MR) is 102 cm³/mol. The first-order chi connectivity index (χ1) is 12.9. The number of benzene rings is 2. The van der Waals surface area contributed by atoms with Gasteiger partial charge in [-0.2, -0.15) is 5.10 Å². The van der Waals surface area contributed by atoms with Crippen molar-refractivity contribution in [2.45, 2.75) is 30.7 Å². The summed E-state index contributed by atoms with van der Waals surface area (Å²) in [7, 11) is -3.78. The Morgan fingerprint density at radius 3 is 2.19 bits per heavy atom. The van der Waals surface area contributed by atoms with Crippen LogP contribution in [0.1, 0.15) is 17.0 Å². The van der Waals surface area contributed by atoms with Crippen molar-refractivity contribution >= 4 is 15.5 Å². The lowest BCUT2D eigenvalue weighted by Crippen LogP contribution is -2.12. The van der Waals surface area contributed by atoms with Gasteiger partial charge in [0.25, 0.3) is 0 Å². The standard InChI is InChI=1S/C20H18N4O2S/c1-13-9-11-17(12-10-13)27(25,26)20-15(3)24-19(21-22-20)18(14(2)23-24)16-7-5-4-6-8-16/h4-12H,1-3H3. The van der Waals surface area contributed by atoms with E-state index in [9.17, 15) is 8.42 Å². The summed E-state index contributed by atoms with van der Waals surface area (Å²) >= 11 is 0. The van der Waals surface area contributed by atoms with Crippen LogP contribution in [0.3, 0.4) is 0 Å². The van der Waals surface area contributed by atoms with Gasteiger partial charge in [0, 0.05) is 0 Å². The Morgan fingerprint density at radius 2 is 1.52 bits per heavy atom. The Morgan fingerprint density at radius 1 is 0.852 bits per heavy atom. The number of aromatic nitrogens is 4. The number of nitrogens with zero attached hydrogens (tertiary/aromatic N) is 4. The van der Waals surface area contributed by atoms with Gasteiger partial charge < -0.3 is 0 Å². The highest BCUT2D eigenvalue weighted by Crippen LogP contribution is 2.29. The molecule has 6 nitrogen and oxygen atoms in total. The lowest BCUT2D eigenvalue weighted by atomic mass is 10.1. The van der Waals surface area contributed by atoms with E-state index in [1.54, 1.807) is 35.7 Å². The van der Waals surface area contributed by atoms with E-state index >= 15 is 0 Å². The molecule has 0 aliphatic rings. The second-order valence-electron chi connectivity index (χ2n) is 6.47. The predicted octanol–water partition coefficient (Wildman–Crippen LogP) is 3.55. The summed E-state index contributed by atoms with van der Waals surface area (Å²) in [6.07, 6.45) is 0. The van der Waals surface area contributed by atoms with Gasteiger partial charge in [-0.05, 0) is 38.5 Å². The molecule has 0 bridgehead atoms. The van der Waals surface area contributed by atoms with Crippen molar-refractivity contribution in [1.29, 1.82) is 0 Å². The Kier molecular flexibility index (Phi) is 4.04. The summed E-state index contributed by atoms with van der Waals surface area (Å²) in [6, 6.07) is 16.5. The van der Waals surface area contributed by atoms with Gasteiger partial charge in [-0.15, -0.1) is 10.2 Å². The van der Waals surface area contributed by atoms with Crippen molar-refractivity contribution in [2.24, 2.45) is 0 Å². The van der Waals surface area contributed by atoms with Crippen LogP contribution in [0.4, 0.5) is 0 Å². The Labute approximate surface area is 157 Å². The third-order valence-electron chi connectivity index (χ3n) is 4.55. The highest BCUT2D eigenvalue weighted by molar-refractivity contribution is 7.91. The van der Waals surface area contributed by atoms with Crippen molar-refractivity contribution in [3.63, 3.8) is 0 Å². The zero-order valence-electron chi connectivity index (χ0n) is 15.2. The molecule has 4 aromatic rings. The monoisotopic (exact) mass is 378 g/mol. The molecule has 0 atom stereocenters. The molecule has 7 heteroatoms. The lowest BCUT2D eigenvalue weighted by molar-refractivity contribution is 0.585. The number of hydrogen-bond donors (Lipinski definition) is 0. The minimum atomic E-state index is -3.78. The van der Waals surface area contributed by atoms with Crippen molar-refractivity contribution in [3.05, 3.63) is 71.5 Å². The van der Waals surface area contributed by atoms with E-state index < -0.39 is 9.84 Å². The van der Waals surface area contributed by atoms with Gasteiger partial charge in [0.1, 0.15) is 0 Å². The molecule has 0 saturated heterocycles. The van der Waals surface area contributed by atoms with Gasteiger partial charge in [-0.3, -0.25) is 0 Å². The maximum Gasteiger partial charge on any atom is 0.227 e. The van der Waals surface area contributed by atoms with Crippen LogP contribution in [0.15, 0.2) is 64.5 Å². The molecule has 0 aliphatic carbocycles. The smallest absolute Gasteiger partial charge is 0.217 e. The number of aryl methyl sites for hydroxylation is 3. The van der Waals surface area contributed by atoms with E-state index in [-0.39, 0.29) is 9.92 Å². The van der Waals surface area contributed by atoms with Crippen molar-refractivity contribution in [2.75, 3.05) is 0 Å². The van der Waals surface area contributed by atoms with Crippen LogP contribution in [0.5, 0.6) is 0 Å². The summed E-state index contributed by atoms with van der Waals surface area (Å²) in [5.41, 5.74) is 4.55. The van der Waals surface area contributed by atoms with Crippen molar-refractivity contribution in [1.82, 2.24) is 19.8 Å². The third kappa shape index (κ3) is 2.80. The molecule has 2 aromatic heterocycles. The van der Waals surface area contributed by atoms with Crippen LogP contribution in [0.2, 0.25) is 0 Å². The van der Waals surface area contributed by atoms with E-state index in [1.165, 1.54) is 0 Å². The van der Waals surface area contributed by atoms with Crippen LogP contribution in [-0.4, -0.2) is 28.2 Å². The molecule has 4 rings (SSSR count). The molecule has 0 saturated carbocycles. The zero-order chi connectivity index (χ0) is 19.2. The number of hydrogen-bond acceptors (Lipinski definition) is 5. The molecule has 0 spiro atoms. The van der Waals surface area contributed by atoms with Gasteiger partial charge >= 0.3 is 0 Å². The van der Waals surface area contributed by atoms with E-state index in [0.29, 0.717) is 11.3 Å². The maximum atomic E-state index is 13.0. The summed E-state index contributed by atoms with van der Waals surface area (Å²) in [5, 5.41) is 12.7. The maximum absolute atomic E-state index is 13.0. The molecule has 2 aromatic carbocycles. The lowest BCUT2D eigenvalue weighted by Gasteiger charge is -2.08. The van der Waals surface area contributed by atoms with Crippen LogP contribution in [-0.2, 0) is 9.84 Å². The summed E-state index contributed by atoms with van der Waals surface area (Å²) in [6.45, 7) is 5.49. The van der Waals surface area contributed by atoms with Gasteiger partial charge in [-0.1, -0.05) is 48.0 Å². The van der Waals surface area contributed by atoms with Gasteiger partial charge in [0.15, 0.2) is 5.65 Å². The molecule has 0 N–H and O–H groups in total. The second kappa shape index (κ2) is 6.28. The molecule has 0 amide bonds. The molecule has 136 valence electrons.